The first-order valence-electron chi connectivity index (χ1n) is 6.59. The van der Waals surface area contributed by atoms with Crippen LogP contribution >= 0.6 is 11.6 Å². The molecule has 2 rings (SSSR count). The highest BCUT2D eigenvalue weighted by Gasteiger charge is 2.07. The van der Waals surface area contributed by atoms with Crippen LogP contribution in [0.15, 0.2) is 54.6 Å². The second kappa shape index (κ2) is 7.52. The molecule has 0 aliphatic rings. The molecule has 0 saturated carbocycles. The van der Waals surface area contributed by atoms with Gasteiger partial charge < -0.3 is 14.8 Å². The van der Waals surface area contributed by atoms with Crippen LogP contribution in [0.25, 0.3) is 5.70 Å². The maximum absolute atomic E-state index is 11.6. The van der Waals surface area contributed by atoms with Crippen LogP contribution in [0.2, 0.25) is 5.02 Å². The molecule has 0 spiro atoms. The largest absolute Gasteiger partial charge is 0.497 e. The lowest BCUT2D eigenvalue weighted by molar-refractivity contribution is -0.134. The lowest BCUT2D eigenvalue weighted by Crippen LogP contribution is -2.04. The van der Waals surface area contributed by atoms with E-state index in [1.54, 1.807) is 19.2 Å². The second-order valence-corrected chi connectivity index (χ2v) is 4.88. The van der Waals surface area contributed by atoms with Crippen LogP contribution in [0.4, 0.5) is 5.69 Å². The number of halogens is 1. The summed E-state index contributed by atoms with van der Waals surface area (Å²) in [5.41, 5.74) is 2.20. The maximum Gasteiger partial charge on any atom is 0.332 e. The number of hydrogen-bond donors (Lipinski definition) is 1. The van der Waals surface area contributed by atoms with Crippen LogP contribution in [0.3, 0.4) is 0 Å². The predicted octanol–water partition coefficient (Wildman–Crippen LogP) is 3.97. The number of methoxy groups -OCH3 is 2. The van der Waals surface area contributed by atoms with E-state index in [1.807, 2.05) is 36.4 Å². The van der Waals surface area contributed by atoms with E-state index in [-0.39, 0.29) is 0 Å². The average molecular weight is 318 g/mol. The number of ether oxygens (including phenoxy) is 2. The summed E-state index contributed by atoms with van der Waals surface area (Å²) in [6, 6.07) is 14.6. The van der Waals surface area contributed by atoms with Crippen molar-refractivity contribution in [1.29, 1.82) is 0 Å². The Balaban J connectivity index is 2.32. The van der Waals surface area contributed by atoms with Gasteiger partial charge in [-0.2, -0.15) is 0 Å². The number of nitrogens with one attached hydrogen (secondary N) is 1. The highest BCUT2D eigenvalue weighted by atomic mass is 35.5. The maximum atomic E-state index is 11.6. The van der Waals surface area contributed by atoms with Crippen LogP contribution in [-0.2, 0) is 9.53 Å². The molecule has 0 aliphatic carbocycles. The van der Waals surface area contributed by atoms with Crippen molar-refractivity contribution in [3.63, 3.8) is 0 Å². The van der Waals surface area contributed by atoms with Crippen molar-refractivity contribution in [3.05, 3.63) is 65.2 Å². The van der Waals surface area contributed by atoms with Gasteiger partial charge in [0.25, 0.3) is 0 Å². The summed E-state index contributed by atoms with van der Waals surface area (Å²) in [7, 11) is 2.94. The number of esters is 1. The fraction of sp³-hybridized carbons (Fsp3) is 0.118. The average Bonchev–Trinajstić information content (AvgIpc) is 2.54. The van der Waals surface area contributed by atoms with Crippen LogP contribution < -0.4 is 10.1 Å². The van der Waals surface area contributed by atoms with Gasteiger partial charge in [-0.3, -0.25) is 0 Å². The molecule has 0 amide bonds. The van der Waals surface area contributed by atoms with Gasteiger partial charge in [0.15, 0.2) is 0 Å². The fourth-order valence-electron chi connectivity index (χ4n) is 1.85. The molecular formula is C17H16ClNO3. The number of benzene rings is 2. The first-order valence-corrected chi connectivity index (χ1v) is 6.97. The highest BCUT2D eigenvalue weighted by Crippen LogP contribution is 2.23. The molecule has 0 aliphatic heterocycles. The lowest BCUT2D eigenvalue weighted by Gasteiger charge is -2.12. The van der Waals surface area contributed by atoms with E-state index in [9.17, 15) is 4.79 Å². The summed E-state index contributed by atoms with van der Waals surface area (Å²) in [5.74, 6) is 0.308. The van der Waals surface area contributed by atoms with E-state index >= 15 is 0 Å². The smallest absolute Gasteiger partial charge is 0.332 e. The molecule has 2 aromatic rings. The number of anilines is 1. The van der Waals surface area contributed by atoms with Crippen LogP contribution in [0.5, 0.6) is 5.75 Å². The predicted molar refractivity (Wildman–Crippen MR) is 88.1 cm³/mol. The van der Waals surface area contributed by atoms with E-state index < -0.39 is 5.97 Å². The number of rotatable bonds is 5. The zero-order chi connectivity index (χ0) is 15.9. The Labute approximate surface area is 134 Å². The topological polar surface area (TPSA) is 47.6 Å². The minimum absolute atomic E-state index is 0.448. The minimum Gasteiger partial charge on any atom is -0.497 e. The number of carbonyl (C=O) groups excluding carboxylic acids is 1. The van der Waals surface area contributed by atoms with E-state index in [0.717, 1.165) is 17.0 Å². The molecule has 22 heavy (non-hydrogen) atoms. The Morgan fingerprint density at radius 1 is 1.14 bits per heavy atom. The summed E-state index contributed by atoms with van der Waals surface area (Å²) in [6.45, 7) is 0. The standard InChI is InChI=1S/C17H16ClNO3/c1-21-15-8-6-14(7-9-15)19-16(11-17(20)22-2)12-4-3-5-13(18)10-12/h3-11,19H,1-2H3/b16-11+. The number of hydrogen-bond acceptors (Lipinski definition) is 4. The summed E-state index contributed by atoms with van der Waals surface area (Å²) in [6.07, 6.45) is 1.38. The summed E-state index contributed by atoms with van der Waals surface area (Å²) in [4.78, 5) is 11.6. The van der Waals surface area contributed by atoms with Crippen LogP contribution in [0.1, 0.15) is 5.56 Å². The van der Waals surface area contributed by atoms with E-state index in [0.29, 0.717) is 10.7 Å². The summed E-state index contributed by atoms with van der Waals surface area (Å²) in [5, 5.41) is 3.77. The van der Waals surface area contributed by atoms with Gasteiger partial charge in [0.1, 0.15) is 5.75 Å². The second-order valence-electron chi connectivity index (χ2n) is 4.45. The van der Waals surface area contributed by atoms with Gasteiger partial charge in [-0.25, -0.2) is 4.79 Å². The Bertz CT molecular complexity index is 681. The third-order valence-electron chi connectivity index (χ3n) is 2.97. The van der Waals surface area contributed by atoms with E-state index in [1.165, 1.54) is 13.2 Å². The van der Waals surface area contributed by atoms with Gasteiger partial charge in [0.2, 0.25) is 0 Å². The molecule has 114 valence electrons. The summed E-state index contributed by atoms with van der Waals surface area (Å²) < 4.78 is 9.82. The molecule has 5 heteroatoms. The van der Waals surface area contributed by atoms with Crippen molar-refractivity contribution in [2.45, 2.75) is 0 Å². The Morgan fingerprint density at radius 3 is 2.45 bits per heavy atom. The molecular weight excluding hydrogens is 302 g/mol. The Morgan fingerprint density at radius 2 is 1.86 bits per heavy atom. The molecule has 0 heterocycles. The lowest BCUT2D eigenvalue weighted by atomic mass is 10.1. The van der Waals surface area contributed by atoms with Gasteiger partial charge in [-0.1, -0.05) is 23.7 Å². The van der Waals surface area contributed by atoms with Crippen molar-refractivity contribution in [2.75, 3.05) is 19.5 Å². The first kappa shape index (κ1) is 15.9. The summed E-state index contributed by atoms with van der Waals surface area (Å²) >= 11 is 6.01. The molecule has 0 bridgehead atoms. The molecule has 0 unspecified atom stereocenters. The SMILES string of the molecule is COC(=O)/C=C(/Nc1ccc(OC)cc1)c1cccc(Cl)c1. The third kappa shape index (κ3) is 4.27. The monoisotopic (exact) mass is 317 g/mol. The molecule has 0 aromatic heterocycles. The zero-order valence-corrected chi connectivity index (χ0v) is 13.1. The fourth-order valence-corrected chi connectivity index (χ4v) is 2.04. The van der Waals surface area contributed by atoms with E-state index in [2.05, 4.69) is 5.32 Å². The van der Waals surface area contributed by atoms with Gasteiger partial charge in [0.05, 0.1) is 19.9 Å². The van der Waals surface area contributed by atoms with Gasteiger partial charge >= 0.3 is 5.97 Å². The highest BCUT2D eigenvalue weighted by molar-refractivity contribution is 6.30. The van der Waals surface area contributed by atoms with Crippen molar-refractivity contribution >= 4 is 29.0 Å². The van der Waals surface area contributed by atoms with Gasteiger partial charge in [-0.15, -0.1) is 0 Å². The normalized spacial score (nSPS) is 11.0. The molecule has 0 radical (unpaired) electrons. The molecule has 2 aromatic carbocycles. The molecule has 0 saturated heterocycles. The minimum atomic E-state index is -0.448. The molecule has 0 atom stereocenters. The number of carbonyl (C=O) groups is 1. The van der Waals surface area contributed by atoms with Gasteiger partial charge in [-0.05, 0) is 42.0 Å². The third-order valence-corrected chi connectivity index (χ3v) is 3.20. The van der Waals surface area contributed by atoms with Crippen molar-refractivity contribution in [1.82, 2.24) is 0 Å². The Hall–Kier alpha value is -2.46. The van der Waals surface area contributed by atoms with Crippen molar-refractivity contribution in [2.24, 2.45) is 0 Å². The zero-order valence-electron chi connectivity index (χ0n) is 12.3. The molecule has 1 N–H and O–H groups in total. The Kier molecular flexibility index (Phi) is 5.44. The van der Waals surface area contributed by atoms with Crippen LogP contribution in [0, 0.1) is 0 Å². The van der Waals surface area contributed by atoms with Crippen molar-refractivity contribution < 1.29 is 14.3 Å². The van der Waals surface area contributed by atoms with Gasteiger partial charge in [0, 0.05) is 16.8 Å². The molecule has 4 nitrogen and oxygen atoms in total. The first-order chi connectivity index (χ1) is 10.6. The van der Waals surface area contributed by atoms with Crippen LogP contribution in [-0.4, -0.2) is 20.2 Å². The molecule has 0 fully saturated rings. The van der Waals surface area contributed by atoms with Crippen molar-refractivity contribution in [3.8, 4) is 5.75 Å². The quantitative estimate of drug-likeness (QED) is 0.669. The van der Waals surface area contributed by atoms with E-state index in [4.69, 9.17) is 21.1 Å².